The van der Waals surface area contributed by atoms with Crippen LogP contribution in [-0.2, 0) is 9.53 Å². The first kappa shape index (κ1) is 18.8. The van der Waals surface area contributed by atoms with Crippen molar-refractivity contribution in [2.45, 2.75) is 0 Å². The molecule has 8 heteroatoms. The standard InChI is InChI=1S/C19H13NO5S2/c1-25-18(24)14-5-3-2-4-12(14)10-15-16(21)20(19(26)27-15)13-8-6-11(7-9-13)17(22)23/h2-10H,1H3,(H,22,23)/p-1/b15-10-. The minimum Gasteiger partial charge on any atom is -0.545 e. The van der Waals surface area contributed by atoms with Crippen LogP contribution in [0.15, 0.2) is 53.4 Å². The van der Waals surface area contributed by atoms with Crippen molar-refractivity contribution in [3.63, 3.8) is 0 Å². The van der Waals surface area contributed by atoms with Crippen LogP contribution >= 0.6 is 24.0 Å². The predicted molar refractivity (Wildman–Crippen MR) is 104 cm³/mol. The molecule has 1 saturated heterocycles. The third kappa shape index (κ3) is 3.76. The zero-order valence-electron chi connectivity index (χ0n) is 14.0. The molecule has 0 bridgehead atoms. The number of carboxylic acid groups (broad SMARTS) is 1. The monoisotopic (exact) mass is 398 g/mol. The van der Waals surface area contributed by atoms with E-state index in [1.807, 2.05) is 0 Å². The third-order valence-corrected chi connectivity index (χ3v) is 5.11. The second-order valence-corrected chi connectivity index (χ2v) is 7.11. The van der Waals surface area contributed by atoms with E-state index in [9.17, 15) is 19.5 Å². The molecule has 0 spiro atoms. The number of thiocarbonyl (C=S) groups is 1. The van der Waals surface area contributed by atoms with Gasteiger partial charge in [0, 0.05) is 0 Å². The van der Waals surface area contributed by atoms with E-state index >= 15 is 0 Å². The normalized spacial score (nSPS) is 15.3. The van der Waals surface area contributed by atoms with Gasteiger partial charge in [0.1, 0.15) is 0 Å². The van der Waals surface area contributed by atoms with E-state index < -0.39 is 11.9 Å². The Labute approximate surface area is 164 Å². The molecule has 3 rings (SSSR count). The molecule has 0 unspecified atom stereocenters. The van der Waals surface area contributed by atoms with Gasteiger partial charge in [-0.05, 0) is 35.4 Å². The third-order valence-electron chi connectivity index (χ3n) is 3.81. The number of nitrogens with zero attached hydrogens (tertiary/aromatic N) is 1. The number of ether oxygens (including phenoxy) is 1. The summed E-state index contributed by atoms with van der Waals surface area (Å²) in [5.41, 5.74) is 1.33. The van der Waals surface area contributed by atoms with E-state index in [0.29, 0.717) is 26.0 Å². The van der Waals surface area contributed by atoms with Gasteiger partial charge in [0.15, 0.2) is 4.32 Å². The number of hydrogen-bond acceptors (Lipinski definition) is 7. The lowest BCUT2D eigenvalue weighted by atomic mass is 10.1. The molecular formula is C19H12NO5S2-. The number of aromatic carboxylic acids is 1. The number of hydrogen-bond donors (Lipinski definition) is 0. The highest BCUT2D eigenvalue weighted by Gasteiger charge is 2.33. The van der Waals surface area contributed by atoms with Crippen molar-refractivity contribution in [2.75, 3.05) is 12.0 Å². The van der Waals surface area contributed by atoms with E-state index in [1.54, 1.807) is 30.3 Å². The number of benzene rings is 2. The Morgan fingerprint density at radius 3 is 2.44 bits per heavy atom. The van der Waals surface area contributed by atoms with E-state index in [2.05, 4.69) is 0 Å². The van der Waals surface area contributed by atoms with Crippen molar-refractivity contribution < 1.29 is 24.2 Å². The molecule has 27 heavy (non-hydrogen) atoms. The topological polar surface area (TPSA) is 86.7 Å². The summed E-state index contributed by atoms with van der Waals surface area (Å²) in [5.74, 6) is -2.16. The number of carbonyl (C=O) groups is 3. The van der Waals surface area contributed by atoms with Crippen LogP contribution in [0.3, 0.4) is 0 Å². The van der Waals surface area contributed by atoms with Crippen molar-refractivity contribution >= 4 is 57.9 Å². The van der Waals surface area contributed by atoms with Gasteiger partial charge in [-0.3, -0.25) is 9.69 Å². The second kappa shape index (κ2) is 7.73. The highest BCUT2D eigenvalue weighted by Crippen LogP contribution is 2.36. The number of carbonyl (C=O) groups excluding carboxylic acids is 3. The lowest BCUT2D eigenvalue weighted by Crippen LogP contribution is -2.28. The summed E-state index contributed by atoms with van der Waals surface area (Å²) in [6, 6.07) is 12.4. The number of anilines is 1. The van der Waals surface area contributed by atoms with Gasteiger partial charge in [0.2, 0.25) is 0 Å². The molecule has 1 aliphatic rings. The summed E-state index contributed by atoms with van der Waals surface area (Å²) in [6.07, 6.45) is 1.58. The van der Waals surface area contributed by atoms with Gasteiger partial charge in [-0.15, -0.1) is 0 Å². The van der Waals surface area contributed by atoms with Gasteiger partial charge in [0.25, 0.3) is 5.91 Å². The largest absolute Gasteiger partial charge is 0.545 e. The zero-order valence-corrected chi connectivity index (χ0v) is 15.6. The van der Waals surface area contributed by atoms with Gasteiger partial charge in [-0.1, -0.05) is 54.3 Å². The number of methoxy groups -OCH3 is 1. The maximum absolute atomic E-state index is 12.8. The number of carboxylic acids is 1. The SMILES string of the molecule is COC(=O)c1ccccc1/C=C1\SC(=S)N(c2ccc(C(=O)[O-])cc2)C1=O. The summed E-state index contributed by atoms with van der Waals surface area (Å²) in [5, 5.41) is 10.9. The van der Waals surface area contributed by atoms with Crippen LogP contribution in [0, 0.1) is 0 Å². The van der Waals surface area contributed by atoms with Gasteiger partial charge in [0.05, 0.1) is 29.2 Å². The molecule has 1 aliphatic heterocycles. The van der Waals surface area contributed by atoms with Crippen LogP contribution in [0.4, 0.5) is 5.69 Å². The quantitative estimate of drug-likeness (QED) is 0.443. The fourth-order valence-electron chi connectivity index (χ4n) is 2.50. The maximum Gasteiger partial charge on any atom is 0.338 e. The predicted octanol–water partition coefficient (Wildman–Crippen LogP) is 2.24. The summed E-state index contributed by atoms with van der Waals surface area (Å²) in [7, 11) is 1.29. The fraction of sp³-hybridized carbons (Fsp3) is 0.0526. The van der Waals surface area contributed by atoms with Crippen LogP contribution in [0.2, 0.25) is 0 Å². The molecule has 1 fully saturated rings. The number of thioether (sulfide) groups is 1. The minimum atomic E-state index is -1.30. The van der Waals surface area contributed by atoms with Gasteiger partial charge >= 0.3 is 5.97 Å². The van der Waals surface area contributed by atoms with E-state index in [4.69, 9.17) is 17.0 Å². The summed E-state index contributed by atoms with van der Waals surface area (Å²) >= 11 is 6.39. The minimum absolute atomic E-state index is 0.00624. The molecular weight excluding hydrogens is 386 g/mol. The highest BCUT2D eigenvalue weighted by atomic mass is 32.2. The first-order valence-corrected chi connectivity index (χ1v) is 8.91. The Hall–Kier alpha value is -2.97. The molecule has 1 heterocycles. The maximum atomic E-state index is 12.8. The number of amides is 1. The lowest BCUT2D eigenvalue weighted by molar-refractivity contribution is -0.255. The van der Waals surface area contributed by atoms with E-state index in [1.165, 1.54) is 36.3 Å². The van der Waals surface area contributed by atoms with E-state index in [0.717, 1.165) is 11.8 Å². The molecule has 2 aromatic rings. The van der Waals surface area contributed by atoms with Crippen LogP contribution in [-0.4, -0.2) is 29.3 Å². The van der Waals surface area contributed by atoms with Crippen molar-refractivity contribution in [3.8, 4) is 0 Å². The molecule has 0 N–H and O–H groups in total. The average Bonchev–Trinajstić information content (AvgIpc) is 2.95. The Bertz CT molecular complexity index is 982. The van der Waals surface area contributed by atoms with Gasteiger partial charge < -0.3 is 14.6 Å². The number of esters is 1. The summed E-state index contributed by atoms with van der Waals surface area (Å²) in [6.45, 7) is 0. The molecule has 0 saturated carbocycles. The number of rotatable bonds is 4. The Balaban J connectivity index is 1.94. The smallest absolute Gasteiger partial charge is 0.338 e. The zero-order chi connectivity index (χ0) is 19.6. The van der Waals surface area contributed by atoms with Gasteiger partial charge in [-0.25, -0.2) is 4.79 Å². The van der Waals surface area contributed by atoms with Crippen molar-refractivity contribution in [2.24, 2.45) is 0 Å². The Kier molecular flexibility index (Phi) is 5.38. The van der Waals surface area contributed by atoms with E-state index in [-0.39, 0.29) is 11.5 Å². The molecule has 0 atom stereocenters. The molecule has 2 aromatic carbocycles. The van der Waals surface area contributed by atoms with Crippen molar-refractivity contribution in [3.05, 3.63) is 70.1 Å². The first-order valence-electron chi connectivity index (χ1n) is 7.69. The Morgan fingerprint density at radius 2 is 1.81 bits per heavy atom. The molecule has 0 aromatic heterocycles. The lowest BCUT2D eigenvalue weighted by Gasteiger charge is -2.15. The fourth-order valence-corrected chi connectivity index (χ4v) is 3.79. The van der Waals surface area contributed by atoms with Crippen molar-refractivity contribution in [1.82, 2.24) is 0 Å². The molecule has 0 aliphatic carbocycles. The molecule has 0 radical (unpaired) electrons. The second-order valence-electron chi connectivity index (χ2n) is 5.43. The van der Waals surface area contributed by atoms with Crippen molar-refractivity contribution in [1.29, 1.82) is 0 Å². The van der Waals surface area contributed by atoms with Crippen LogP contribution < -0.4 is 10.0 Å². The molecule has 6 nitrogen and oxygen atoms in total. The van der Waals surface area contributed by atoms with Crippen LogP contribution in [0.1, 0.15) is 26.3 Å². The molecule has 1 amide bonds. The Morgan fingerprint density at radius 1 is 1.15 bits per heavy atom. The average molecular weight is 398 g/mol. The molecule has 136 valence electrons. The first-order chi connectivity index (χ1) is 12.9. The highest BCUT2D eigenvalue weighted by molar-refractivity contribution is 8.27. The summed E-state index contributed by atoms with van der Waals surface area (Å²) in [4.78, 5) is 37.2. The van der Waals surface area contributed by atoms with Gasteiger partial charge in [-0.2, -0.15) is 0 Å². The summed E-state index contributed by atoms with van der Waals surface area (Å²) < 4.78 is 5.07. The van der Waals surface area contributed by atoms with Crippen LogP contribution in [0.5, 0.6) is 0 Å². The van der Waals surface area contributed by atoms with Crippen LogP contribution in [0.25, 0.3) is 6.08 Å².